The van der Waals surface area contributed by atoms with Gasteiger partial charge in [-0.2, -0.15) is 5.10 Å². The van der Waals surface area contributed by atoms with Crippen LogP contribution in [0.2, 0.25) is 0 Å². The van der Waals surface area contributed by atoms with Gasteiger partial charge in [-0.05, 0) is 50.4 Å². The monoisotopic (exact) mass is 285 g/mol. The second-order valence-corrected chi connectivity index (χ2v) is 5.68. The molecule has 1 aromatic carbocycles. The van der Waals surface area contributed by atoms with Gasteiger partial charge in [0.25, 0.3) is 0 Å². The van der Waals surface area contributed by atoms with Crippen molar-refractivity contribution in [1.82, 2.24) is 15.1 Å². The highest BCUT2D eigenvalue weighted by Crippen LogP contribution is 2.19. The Morgan fingerprint density at radius 2 is 1.76 bits per heavy atom. The fourth-order valence-corrected chi connectivity index (χ4v) is 2.66. The van der Waals surface area contributed by atoms with Gasteiger partial charge in [-0.25, -0.2) is 0 Å². The molecule has 0 spiro atoms. The number of rotatable bonds is 6. The average Bonchev–Trinajstić information content (AvgIpc) is 2.74. The largest absolute Gasteiger partial charge is 0.309 e. The first kappa shape index (κ1) is 15.8. The number of aryl methyl sites for hydroxylation is 2. The maximum atomic E-state index is 4.67. The lowest BCUT2D eigenvalue weighted by Crippen LogP contribution is -2.26. The van der Waals surface area contributed by atoms with E-state index in [-0.39, 0.29) is 0 Å². The predicted octanol–water partition coefficient (Wildman–Crippen LogP) is 3.72. The lowest BCUT2D eigenvalue weighted by molar-refractivity contribution is 0.441. The van der Waals surface area contributed by atoms with Crippen LogP contribution < -0.4 is 5.32 Å². The van der Waals surface area contributed by atoms with Crippen molar-refractivity contribution in [2.24, 2.45) is 0 Å². The molecule has 0 aliphatic carbocycles. The van der Waals surface area contributed by atoms with Gasteiger partial charge in [0, 0.05) is 5.69 Å². The Morgan fingerprint density at radius 1 is 1.10 bits per heavy atom. The van der Waals surface area contributed by atoms with E-state index in [1.54, 1.807) is 0 Å². The van der Waals surface area contributed by atoms with Crippen molar-refractivity contribution >= 4 is 0 Å². The van der Waals surface area contributed by atoms with E-state index >= 15 is 0 Å². The van der Waals surface area contributed by atoms with Gasteiger partial charge in [-0.1, -0.05) is 38.1 Å². The Kier molecular flexibility index (Phi) is 5.18. The fraction of sp³-hybridized carbons (Fsp3) is 0.500. The molecule has 0 saturated heterocycles. The highest BCUT2D eigenvalue weighted by atomic mass is 15.3. The van der Waals surface area contributed by atoms with Crippen LogP contribution >= 0.6 is 0 Å². The molecule has 0 saturated carbocycles. The Balaban J connectivity index is 2.23. The fourth-order valence-electron chi connectivity index (χ4n) is 2.66. The molecule has 1 unspecified atom stereocenters. The zero-order valence-corrected chi connectivity index (χ0v) is 13.9. The van der Waals surface area contributed by atoms with Crippen LogP contribution in [0.3, 0.4) is 0 Å². The van der Waals surface area contributed by atoms with Gasteiger partial charge in [0.2, 0.25) is 0 Å². The summed E-state index contributed by atoms with van der Waals surface area (Å²) in [4.78, 5) is 0. The molecule has 0 amide bonds. The minimum atomic E-state index is 0.304. The smallest absolute Gasteiger partial charge is 0.0625 e. The number of aromatic nitrogens is 2. The summed E-state index contributed by atoms with van der Waals surface area (Å²) in [5, 5.41) is 8.25. The zero-order valence-electron chi connectivity index (χ0n) is 13.9. The summed E-state index contributed by atoms with van der Waals surface area (Å²) >= 11 is 0. The highest BCUT2D eigenvalue weighted by molar-refractivity contribution is 5.26. The van der Waals surface area contributed by atoms with Crippen LogP contribution in [0.5, 0.6) is 0 Å². The number of nitrogens with one attached hydrogen (secondary N) is 1. The van der Waals surface area contributed by atoms with E-state index in [1.165, 1.54) is 22.4 Å². The SMILES string of the molecule is CCNC(Cn1nc(C)c(C)c1C)c1ccc(CC)cc1. The molecule has 21 heavy (non-hydrogen) atoms. The zero-order chi connectivity index (χ0) is 15.4. The van der Waals surface area contributed by atoms with Crippen molar-refractivity contribution in [2.45, 2.75) is 53.6 Å². The van der Waals surface area contributed by atoms with E-state index in [2.05, 4.69) is 74.0 Å². The van der Waals surface area contributed by atoms with Crippen LogP contribution in [0.1, 0.15) is 48.0 Å². The first-order chi connectivity index (χ1) is 10.1. The first-order valence-corrected chi connectivity index (χ1v) is 7.89. The van der Waals surface area contributed by atoms with Crippen LogP contribution in [0.4, 0.5) is 0 Å². The minimum absolute atomic E-state index is 0.304. The van der Waals surface area contributed by atoms with Crippen molar-refractivity contribution in [3.63, 3.8) is 0 Å². The Bertz CT molecular complexity index is 581. The highest BCUT2D eigenvalue weighted by Gasteiger charge is 2.15. The van der Waals surface area contributed by atoms with Crippen LogP contribution in [0.15, 0.2) is 24.3 Å². The third-order valence-electron chi connectivity index (χ3n) is 4.34. The van der Waals surface area contributed by atoms with E-state index in [4.69, 9.17) is 0 Å². The van der Waals surface area contributed by atoms with Gasteiger partial charge < -0.3 is 5.32 Å². The van der Waals surface area contributed by atoms with Crippen molar-refractivity contribution in [3.8, 4) is 0 Å². The molecule has 2 rings (SSSR count). The number of hydrogen-bond donors (Lipinski definition) is 1. The predicted molar refractivity (Wildman–Crippen MR) is 88.7 cm³/mol. The first-order valence-electron chi connectivity index (χ1n) is 7.89. The molecule has 3 heteroatoms. The Labute approximate surface area is 128 Å². The third kappa shape index (κ3) is 3.53. The number of hydrogen-bond acceptors (Lipinski definition) is 2. The molecule has 0 aliphatic rings. The molecule has 1 atom stereocenters. The van der Waals surface area contributed by atoms with E-state index in [1.807, 2.05) is 0 Å². The molecular weight excluding hydrogens is 258 g/mol. The molecule has 2 aromatic rings. The molecule has 0 aliphatic heterocycles. The van der Waals surface area contributed by atoms with Crippen molar-refractivity contribution in [3.05, 3.63) is 52.3 Å². The maximum Gasteiger partial charge on any atom is 0.0625 e. The van der Waals surface area contributed by atoms with Crippen LogP contribution in [-0.2, 0) is 13.0 Å². The van der Waals surface area contributed by atoms with Gasteiger partial charge in [0.1, 0.15) is 0 Å². The molecule has 1 aromatic heterocycles. The van der Waals surface area contributed by atoms with Gasteiger partial charge in [0.05, 0.1) is 18.3 Å². The average molecular weight is 285 g/mol. The molecule has 1 heterocycles. The molecule has 0 bridgehead atoms. The minimum Gasteiger partial charge on any atom is -0.309 e. The molecule has 0 fully saturated rings. The second-order valence-electron chi connectivity index (χ2n) is 5.68. The number of benzene rings is 1. The molecular formula is C18H27N3. The normalized spacial score (nSPS) is 12.6. The van der Waals surface area contributed by atoms with Gasteiger partial charge in [-0.15, -0.1) is 0 Å². The summed E-state index contributed by atoms with van der Waals surface area (Å²) in [7, 11) is 0. The van der Waals surface area contributed by atoms with E-state index in [0.29, 0.717) is 6.04 Å². The maximum absolute atomic E-state index is 4.67. The second kappa shape index (κ2) is 6.90. The van der Waals surface area contributed by atoms with Crippen LogP contribution in [0.25, 0.3) is 0 Å². The number of likely N-dealkylation sites (N-methyl/N-ethyl adjacent to an activating group) is 1. The van der Waals surface area contributed by atoms with Gasteiger partial charge >= 0.3 is 0 Å². The van der Waals surface area contributed by atoms with Crippen molar-refractivity contribution in [2.75, 3.05) is 6.54 Å². The van der Waals surface area contributed by atoms with Gasteiger partial charge in [0.15, 0.2) is 0 Å². The quantitative estimate of drug-likeness (QED) is 0.876. The van der Waals surface area contributed by atoms with Gasteiger partial charge in [-0.3, -0.25) is 4.68 Å². The summed E-state index contributed by atoms with van der Waals surface area (Å²) in [6.45, 7) is 12.6. The van der Waals surface area contributed by atoms with E-state index in [9.17, 15) is 0 Å². The standard InChI is InChI=1S/C18H27N3/c1-6-16-8-10-17(11-9-16)18(19-7-2)12-21-15(5)13(3)14(4)20-21/h8-11,18-19H,6-7,12H2,1-5H3. The summed E-state index contributed by atoms with van der Waals surface area (Å²) in [6, 6.07) is 9.24. The summed E-state index contributed by atoms with van der Waals surface area (Å²) < 4.78 is 2.13. The van der Waals surface area contributed by atoms with Crippen molar-refractivity contribution in [1.29, 1.82) is 0 Å². The van der Waals surface area contributed by atoms with Crippen molar-refractivity contribution < 1.29 is 0 Å². The Hall–Kier alpha value is -1.61. The molecule has 3 nitrogen and oxygen atoms in total. The topological polar surface area (TPSA) is 29.9 Å². The Morgan fingerprint density at radius 3 is 2.24 bits per heavy atom. The third-order valence-corrected chi connectivity index (χ3v) is 4.34. The molecule has 0 radical (unpaired) electrons. The lowest BCUT2D eigenvalue weighted by atomic mass is 10.0. The van der Waals surface area contributed by atoms with Crippen LogP contribution in [0, 0.1) is 20.8 Å². The molecule has 114 valence electrons. The van der Waals surface area contributed by atoms with E-state index in [0.717, 1.165) is 25.2 Å². The molecule has 1 N–H and O–H groups in total. The van der Waals surface area contributed by atoms with E-state index < -0.39 is 0 Å². The summed E-state index contributed by atoms with van der Waals surface area (Å²) in [6.07, 6.45) is 1.09. The summed E-state index contributed by atoms with van der Waals surface area (Å²) in [5.74, 6) is 0. The lowest BCUT2D eigenvalue weighted by Gasteiger charge is -2.19. The number of nitrogens with zero attached hydrogens (tertiary/aromatic N) is 2. The van der Waals surface area contributed by atoms with Crippen LogP contribution in [-0.4, -0.2) is 16.3 Å². The summed E-state index contributed by atoms with van der Waals surface area (Å²) in [5.41, 5.74) is 6.41.